The molecule has 0 spiro atoms. The predicted octanol–water partition coefficient (Wildman–Crippen LogP) is 1.08. The number of carbonyl (C=O) groups is 2. The highest BCUT2D eigenvalue weighted by molar-refractivity contribution is 5.83. The fourth-order valence-electron chi connectivity index (χ4n) is 2.50. The van der Waals surface area contributed by atoms with Crippen LogP contribution in [-0.4, -0.2) is 35.0 Å². The summed E-state index contributed by atoms with van der Waals surface area (Å²) in [5.41, 5.74) is 0.986. The van der Waals surface area contributed by atoms with Crippen molar-refractivity contribution in [2.45, 2.75) is 44.4 Å². The molecule has 7 heteroatoms. The number of ether oxygens (including phenoxy) is 1. The molecule has 22 heavy (non-hydrogen) atoms. The number of nitro groups is 1. The van der Waals surface area contributed by atoms with Gasteiger partial charge in [-0.2, -0.15) is 0 Å². The van der Waals surface area contributed by atoms with Crippen molar-refractivity contribution in [3.8, 4) is 0 Å². The summed E-state index contributed by atoms with van der Waals surface area (Å²) in [6.07, 6.45) is -0.144. The van der Waals surface area contributed by atoms with E-state index in [-0.39, 0.29) is 18.9 Å². The highest BCUT2D eigenvalue weighted by Gasteiger charge is 2.46. The summed E-state index contributed by atoms with van der Waals surface area (Å²) in [5, 5.41) is 13.5. The number of hydrogen-bond donors (Lipinski definition) is 1. The fourth-order valence-corrected chi connectivity index (χ4v) is 2.50. The van der Waals surface area contributed by atoms with Crippen molar-refractivity contribution in [2.75, 3.05) is 0 Å². The zero-order valence-corrected chi connectivity index (χ0v) is 12.2. The zero-order valence-electron chi connectivity index (χ0n) is 12.2. The first kappa shape index (κ1) is 15.9. The highest BCUT2D eigenvalue weighted by atomic mass is 16.6. The second kappa shape index (κ2) is 7.02. The molecule has 0 aromatic heterocycles. The van der Waals surface area contributed by atoms with E-state index in [1.54, 1.807) is 6.92 Å². The molecule has 0 radical (unpaired) electrons. The summed E-state index contributed by atoms with van der Waals surface area (Å²) in [6.45, 7) is 1.72. The van der Waals surface area contributed by atoms with Crippen LogP contribution in [0.4, 0.5) is 0 Å². The van der Waals surface area contributed by atoms with E-state index in [2.05, 4.69) is 5.32 Å². The third-order valence-corrected chi connectivity index (χ3v) is 3.57. The van der Waals surface area contributed by atoms with E-state index in [0.717, 1.165) is 5.56 Å². The lowest BCUT2D eigenvalue weighted by Crippen LogP contribution is -2.57. The van der Waals surface area contributed by atoms with Crippen molar-refractivity contribution in [3.63, 3.8) is 0 Å². The third kappa shape index (κ3) is 4.03. The van der Waals surface area contributed by atoms with Gasteiger partial charge < -0.3 is 10.1 Å². The number of nitrogens with zero attached hydrogens (tertiary/aromatic N) is 1. The van der Waals surface area contributed by atoms with Crippen LogP contribution >= 0.6 is 0 Å². The van der Waals surface area contributed by atoms with Crippen LogP contribution in [0.25, 0.3) is 0 Å². The minimum atomic E-state index is -1.53. The van der Waals surface area contributed by atoms with Crippen LogP contribution < -0.4 is 5.32 Å². The van der Waals surface area contributed by atoms with Crippen LogP contribution in [0.2, 0.25) is 0 Å². The zero-order chi connectivity index (χ0) is 16.1. The van der Waals surface area contributed by atoms with Gasteiger partial charge in [0.05, 0.1) is 0 Å². The molecule has 7 nitrogen and oxygen atoms in total. The maximum absolute atomic E-state index is 11.9. The van der Waals surface area contributed by atoms with Gasteiger partial charge in [-0.3, -0.25) is 19.7 Å². The molecule has 1 N–H and O–H groups in total. The SMILES string of the molecule is CC1CC(OC(=O)CCc2ccccc2)C([N+](=O)[O-])C(=O)N1. The number of hydrogen-bond acceptors (Lipinski definition) is 5. The van der Waals surface area contributed by atoms with Crippen LogP contribution in [-0.2, 0) is 20.7 Å². The molecule has 1 amide bonds. The molecule has 1 fully saturated rings. The van der Waals surface area contributed by atoms with Gasteiger partial charge in [-0.1, -0.05) is 30.3 Å². The number of nitrogens with one attached hydrogen (secondary N) is 1. The van der Waals surface area contributed by atoms with Gasteiger partial charge in [-0.05, 0) is 18.9 Å². The van der Waals surface area contributed by atoms with Gasteiger partial charge in [-0.15, -0.1) is 0 Å². The van der Waals surface area contributed by atoms with Gasteiger partial charge in [0.1, 0.15) is 0 Å². The summed E-state index contributed by atoms with van der Waals surface area (Å²) >= 11 is 0. The molecule has 2 rings (SSSR count). The monoisotopic (exact) mass is 306 g/mol. The van der Waals surface area contributed by atoms with Crippen LogP contribution in [0.1, 0.15) is 25.3 Å². The van der Waals surface area contributed by atoms with Gasteiger partial charge in [-0.25, -0.2) is 0 Å². The fraction of sp³-hybridized carbons (Fsp3) is 0.467. The quantitative estimate of drug-likeness (QED) is 0.498. The Kier molecular flexibility index (Phi) is 5.08. The van der Waals surface area contributed by atoms with Gasteiger partial charge >= 0.3 is 12.0 Å². The Hall–Kier alpha value is -2.44. The molecule has 118 valence electrons. The van der Waals surface area contributed by atoms with E-state index in [1.807, 2.05) is 30.3 Å². The average Bonchev–Trinajstić information content (AvgIpc) is 2.45. The Bertz CT molecular complexity index is 560. The molecule has 1 saturated heterocycles. The Labute approximate surface area is 127 Å². The van der Waals surface area contributed by atoms with Crippen molar-refractivity contribution >= 4 is 11.9 Å². The van der Waals surface area contributed by atoms with Gasteiger partial charge in [0.25, 0.3) is 5.91 Å². The Balaban J connectivity index is 1.93. The molecular formula is C15H18N2O5. The first-order valence-electron chi connectivity index (χ1n) is 7.14. The van der Waals surface area contributed by atoms with E-state index in [1.165, 1.54) is 0 Å². The second-order valence-electron chi connectivity index (χ2n) is 5.39. The Morgan fingerprint density at radius 1 is 1.41 bits per heavy atom. The van der Waals surface area contributed by atoms with E-state index >= 15 is 0 Å². The first-order valence-corrected chi connectivity index (χ1v) is 7.14. The number of amides is 1. The Morgan fingerprint density at radius 2 is 2.09 bits per heavy atom. The van der Waals surface area contributed by atoms with Gasteiger partial charge in [0.2, 0.25) is 0 Å². The number of benzene rings is 1. The van der Waals surface area contributed by atoms with Gasteiger partial charge in [0, 0.05) is 23.8 Å². The minimum absolute atomic E-state index is 0.126. The van der Waals surface area contributed by atoms with E-state index in [4.69, 9.17) is 4.74 Å². The lowest BCUT2D eigenvalue weighted by Gasteiger charge is -2.29. The molecular weight excluding hydrogens is 288 g/mol. The number of piperidine rings is 1. The molecule has 1 aromatic carbocycles. The van der Waals surface area contributed by atoms with Crippen molar-refractivity contribution in [2.24, 2.45) is 0 Å². The third-order valence-electron chi connectivity index (χ3n) is 3.57. The van der Waals surface area contributed by atoms with Crippen molar-refractivity contribution in [1.82, 2.24) is 5.32 Å². The number of rotatable bonds is 5. The second-order valence-corrected chi connectivity index (χ2v) is 5.39. The maximum Gasteiger partial charge on any atom is 0.325 e. The minimum Gasteiger partial charge on any atom is -0.454 e. The number of aryl methyl sites for hydroxylation is 1. The summed E-state index contributed by atoms with van der Waals surface area (Å²) in [5.74, 6) is -1.23. The van der Waals surface area contributed by atoms with Crippen molar-refractivity contribution in [3.05, 3.63) is 46.0 Å². The number of esters is 1. The predicted molar refractivity (Wildman–Crippen MR) is 77.6 cm³/mol. The summed E-state index contributed by atoms with van der Waals surface area (Å²) in [4.78, 5) is 33.9. The van der Waals surface area contributed by atoms with Crippen LogP contribution in [0.5, 0.6) is 0 Å². The lowest BCUT2D eigenvalue weighted by atomic mass is 9.98. The molecule has 1 aliphatic heterocycles. The summed E-state index contributed by atoms with van der Waals surface area (Å²) < 4.78 is 5.19. The molecule has 0 saturated carbocycles. The topological polar surface area (TPSA) is 98.5 Å². The first-order chi connectivity index (χ1) is 10.5. The van der Waals surface area contributed by atoms with Crippen molar-refractivity contribution < 1.29 is 19.2 Å². The average molecular weight is 306 g/mol. The van der Waals surface area contributed by atoms with E-state index in [9.17, 15) is 19.7 Å². The summed E-state index contributed by atoms with van der Waals surface area (Å²) in [6, 6.07) is 7.62. The molecule has 3 atom stereocenters. The van der Waals surface area contributed by atoms with Gasteiger partial charge in [0.15, 0.2) is 6.10 Å². The van der Waals surface area contributed by atoms with Crippen LogP contribution in [0.15, 0.2) is 30.3 Å². The Morgan fingerprint density at radius 3 is 2.73 bits per heavy atom. The van der Waals surface area contributed by atoms with Crippen LogP contribution in [0, 0.1) is 10.1 Å². The largest absolute Gasteiger partial charge is 0.454 e. The van der Waals surface area contributed by atoms with Crippen molar-refractivity contribution in [1.29, 1.82) is 0 Å². The lowest BCUT2D eigenvalue weighted by molar-refractivity contribution is -0.520. The normalized spacial score (nSPS) is 24.4. The van der Waals surface area contributed by atoms with Crippen LogP contribution in [0.3, 0.4) is 0 Å². The standard InChI is InChI=1S/C15H18N2O5/c1-10-9-12(14(17(20)21)15(19)16-10)22-13(18)8-7-11-5-3-2-4-6-11/h2-6,10,12,14H,7-9H2,1H3,(H,16,19). The molecule has 3 unspecified atom stereocenters. The molecule has 1 heterocycles. The molecule has 1 aromatic rings. The molecule has 0 bridgehead atoms. The maximum atomic E-state index is 11.9. The summed E-state index contributed by atoms with van der Waals surface area (Å²) in [7, 11) is 0. The van der Waals surface area contributed by atoms with E-state index < -0.39 is 28.9 Å². The van der Waals surface area contributed by atoms with E-state index in [0.29, 0.717) is 6.42 Å². The highest BCUT2D eigenvalue weighted by Crippen LogP contribution is 2.17. The smallest absolute Gasteiger partial charge is 0.325 e. The number of carbonyl (C=O) groups excluding carboxylic acids is 2. The molecule has 0 aliphatic carbocycles. The molecule has 1 aliphatic rings.